The summed E-state index contributed by atoms with van der Waals surface area (Å²) >= 11 is 2.68. The Morgan fingerprint density at radius 2 is 2.00 bits per heavy atom. The van der Waals surface area contributed by atoms with E-state index in [0.717, 1.165) is 0 Å². The third-order valence-corrected chi connectivity index (χ3v) is 3.82. The predicted molar refractivity (Wildman–Crippen MR) is 75.3 cm³/mol. The van der Waals surface area contributed by atoms with E-state index in [4.69, 9.17) is 0 Å². The fraction of sp³-hybridized carbons (Fsp3) is 0.0833. The molecule has 0 saturated carbocycles. The average Bonchev–Trinajstić information content (AvgIpc) is 2.98. The molecule has 0 aromatic carbocycles. The quantitative estimate of drug-likeness (QED) is 0.670. The fourth-order valence-corrected chi connectivity index (χ4v) is 2.54. The number of hydrazine groups is 1. The number of hydrogen-bond donors (Lipinski definition) is 2. The Balaban J connectivity index is 2.00. The maximum Gasteiger partial charge on any atom is 0.279 e. The number of hydrogen-bond acceptors (Lipinski definition) is 5. The molecule has 98 valence electrons. The van der Waals surface area contributed by atoms with Gasteiger partial charge in [-0.1, -0.05) is 6.07 Å². The number of aromatic nitrogens is 1. The topological polar surface area (TPSA) is 71.1 Å². The Labute approximate surface area is 118 Å². The highest BCUT2D eigenvalue weighted by molar-refractivity contribution is 7.98. The molecular weight excluding hydrogens is 282 g/mol. The summed E-state index contributed by atoms with van der Waals surface area (Å²) in [5, 5.41) is 2.41. The summed E-state index contributed by atoms with van der Waals surface area (Å²) < 4.78 is 0. The van der Waals surface area contributed by atoms with Gasteiger partial charge in [-0.25, -0.2) is 4.98 Å². The first kappa shape index (κ1) is 13.6. The van der Waals surface area contributed by atoms with E-state index < -0.39 is 0 Å². The lowest BCUT2D eigenvalue weighted by Gasteiger charge is -2.08. The molecule has 0 fully saturated rings. The largest absolute Gasteiger partial charge is 0.279 e. The van der Waals surface area contributed by atoms with Gasteiger partial charge >= 0.3 is 0 Å². The number of thiophene rings is 1. The molecule has 0 radical (unpaired) electrons. The zero-order valence-corrected chi connectivity index (χ0v) is 11.7. The van der Waals surface area contributed by atoms with Crippen LogP contribution in [-0.4, -0.2) is 23.1 Å². The highest BCUT2D eigenvalue weighted by Crippen LogP contribution is 2.16. The van der Waals surface area contributed by atoms with Gasteiger partial charge in [0.1, 0.15) is 5.03 Å². The summed E-state index contributed by atoms with van der Waals surface area (Å²) in [6, 6.07) is 6.79. The minimum Gasteiger partial charge on any atom is -0.267 e. The number of thioether (sulfide) groups is 1. The van der Waals surface area contributed by atoms with E-state index in [9.17, 15) is 9.59 Å². The second kappa shape index (κ2) is 6.35. The third-order valence-electron chi connectivity index (χ3n) is 2.24. The van der Waals surface area contributed by atoms with E-state index in [1.54, 1.807) is 35.8 Å². The minimum atomic E-state index is -0.387. The molecule has 0 spiro atoms. The number of amides is 2. The molecule has 19 heavy (non-hydrogen) atoms. The van der Waals surface area contributed by atoms with Crippen molar-refractivity contribution in [2.24, 2.45) is 0 Å². The van der Waals surface area contributed by atoms with Gasteiger partial charge in [-0.05, 0) is 29.8 Å². The van der Waals surface area contributed by atoms with Crippen LogP contribution in [0, 0.1) is 0 Å². The van der Waals surface area contributed by atoms with Gasteiger partial charge in [0.05, 0.1) is 10.4 Å². The van der Waals surface area contributed by atoms with Crippen molar-refractivity contribution in [3.8, 4) is 0 Å². The van der Waals surface area contributed by atoms with E-state index in [0.29, 0.717) is 15.5 Å². The van der Waals surface area contributed by atoms with Crippen molar-refractivity contribution in [2.45, 2.75) is 5.03 Å². The fourth-order valence-electron chi connectivity index (χ4n) is 1.38. The number of carbonyl (C=O) groups excluding carboxylic acids is 2. The zero-order valence-electron chi connectivity index (χ0n) is 10.0. The maximum atomic E-state index is 11.9. The predicted octanol–water partition coefficient (Wildman–Crippen LogP) is 1.94. The van der Waals surface area contributed by atoms with Crippen LogP contribution in [-0.2, 0) is 0 Å². The molecule has 2 rings (SSSR count). The normalized spacial score (nSPS) is 9.95. The summed E-state index contributed by atoms with van der Waals surface area (Å²) in [5.41, 5.74) is 5.18. The number of nitrogens with zero attached hydrogens (tertiary/aromatic N) is 1. The molecule has 0 atom stereocenters. The van der Waals surface area contributed by atoms with Crippen molar-refractivity contribution in [1.29, 1.82) is 0 Å². The Morgan fingerprint density at radius 3 is 2.68 bits per heavy atom. The van der Waals surface area contributed by atoms with Gasteiger partial charge in [0, 0.05) is 6.20 Å². The van der Waals surface area contributed by atoms with Crippen molar-refractivity contribution in [1.82, 2.24) is 15.8 Å². The molecule has 0 saturated heterocycles. The van der Waals surface area contributed by atoms with Crippen LogP contribution in [0.1, 0.15) is 20.0 Å². The molecule has 0 unspecified atom stereocenters. The van der Waals surface area contributed by atoms with Gasteiger partial charge in [-0.2, -0.15) is 0 Å². The molecular formula is C12H11N3O2S2. The smallest absolute Gasteiger partial charge is 0.267 e. The summed E-state index contributed by atoms with van der Waals surface area (Å²) in [4.78, 5) is 28.2. The van der Waals surface area contributed by atoms with Crippen LogP contribution in [0.4, 0.5) is 0 Å². The zero-order chi connectivity index (χ0) is 13.7. The molecule has 7 heteroatoms. The lowest BCUT2D eigenvalue weighted by Crippen LogP contribution is -2.41. The first-order valence-electron chi connectivity index (χ1n) is 5.35. The first-order valence-corrected chi connectivity index (χ1v) is 7.46. The average molecular weight is 293 g/mol. The molecule has 0 bridgehead atoms. The van der Waals surface area contributed by atoms with Crippen molar-refractivity contribution in [3.63, 3.8) is 0 Å². The van der Waals surface area contributed by atoms with Crippen LogP contribution < -0.4 is 10.9 Å². The minimum absolute atomic E-state index is 0.335. The molecule has 0 aliphatic heterocycles. The van der Waals surface area contributed by atoms with Crippen molar-refractivity contribution >= 4 is 34.9 Å². The Bertz CT molecular complexity index is 584. The second-order valence-corrected chi connectivity index (χ2v) is 5.19. The van der Waals surface area contributed by atoms with Gasteiger partial charge in [0.15, 0.2) is 0 Å². The summed E-state index contributed by atoms with van der Waals surface area (Å²) in [5.74, 6) is -0.722. The maximum absolute atomic E-state index is 11.9. The number of rotatable bonds is 3. The molecule has 2 amide bonds. The van der Waals surface area contributed by atoms with Gasteiger partial charge in [0.25, 0.3) is 11.8 Å². The van der Waals surface area contributed by atoms with E-state index in [2.05, 4.69) is 15.8 Å². The SMILES string of the molecule is CSc1ncccc1C(=O)NNC(=O)c1cccs1. The third kappa shape index (κ3) is 3.33. The van der Waals surface area contributed by atoms with Crippen LogP contribution in [0.5, 0.6) is 0 Å². The lowest BCUT2D eigenvalue weighted by molar-refractivity contribution is 0.0847. The van der Waals surface area contributed by atoms with E-state index >= 15 is 0 Å². The van der Waals surface area contributed by atoms with Crippen LogP contribution in [0.3, 0.4) is 0 Å². The Hall–Kier alpha value is -1.86. The van der Waals surface area contributed by atoms with Crippen molar-refractivity contribution in [2.75, 3.05) is 6.26 Å². The highest BCUT2D eigenvalue weighted by Gasteiger charge is 2.13. The second-order valence-electron chi connectivity index (χ2n) is 3.45. The van der Waals surface area contributed by atoms with Crippen LogP contribution in [0.15, 0.2) is 40.9 Å². The number of carbonyl (C=O) groups is 2. The monoisotopic (exact) mass is 293 g/mol. The summed E-state index contributed by atoms with van der Waals surface area (Å²) in [6.45, 7) is 0. The standard InChI is InChI=1S/C12H11N3O2S2/c1-18-12-8(4-2-6-13-12)10(16)14-15-11(17)9-5-3-7-19-9/h2-7H,1H3,(H,14,16)(H,15,17). The van der Waals surface area contributed by atoms with Crippen molar-refractivity contribution < 1.29 is 9.59 Å². The summed E-state index contributed by atoms with van der Waals surface area (Å²) in [6.07, 6.45) is 3.45. The van der Waals surface area contributed by atoms with Gasteiger partial charge in [-0.3, -0.25) is 20.4 Å². The molecule has 0 aliphatic carbocycles. The van der Waals surface area contributed by atoms with Crippen LogP contribution in [0.25, 0.3) is 0 Å². The molecule has 5 nitrogen and oxygen atoms in total. The van der Waals surface area contributed by atoms with Gasteiger partial charge < -0.3 is 0 Å². The van der Waals surface area contributed by atoms with Crippen LogP contribution in [0.2, 0.25) is 0 Å². The van der Waals surface area contributed by atoms with Crippen molar-refractivity contribution in [3.05, 3.63) is 46.3 Å². The van der Waals surface area contributed by atoms with E-state index in [-0.39, 0.29) is 11.8 Å². The Morgan fingerprint density at radius 1 is 1.21 bits per heavy atom. The molecule has 2 heterocycles. The molecule has 2 N–H and O–H groups in total. The highest BCUT2D eigenvalue weighted by atomic mass is 32.2. The number of nitrogens with one attached hydrogen (secondary N) is 2. The summed E-state index contributed by atoms with van der Waals surface area (Å²) in [7, 11) is 0. The lowest BCUT2D eigenvalue weighted by atomic mass is 10.3. The van der Waals surface area contributed by atoms with Gasteiger partial charge in [-0.15, -0.1) is 23.1 Å². The molecule has 2 aromatic heterocycles. The Kier molecular flexibility index (Phi) is 4.53. The van der Waals surface area contributed by atoms with Gasteiger partial charge in [0.2, 0.25) is 0 Å². The van der Waals surface area contributed by atoms with E-state index in [1.807, 2.05) is 6.26 Å². The molecule has 2 aromatic rings. The van der Waals surface area contributed by atoms with Crippen LogP contribution >= 0.6 is 23.1 Å². The number of pyridine rings is 1. The first-order chi connectivity index (χ1) is 9.22. The van der Waals surface area contributed by atoms with E-state index in [1.165, 1.54) is 23.1 Å². The molecule has 0 aliphatic rings.